The topological polar surface area (TPSA) is 64.4 Å². The van der Waals surface area contributed by atoms with E-state index in [9.17, 15) is 4.79 Å². The zero-order valence-corrected chi connectivity index (χ0v) is 11.8. The summed E-state index contributed by atoms with van der Waals surface area (Å²) >= 11 is 1.40. The molecule has 0 radical (unpaired) electrons. The van der Waals surface area contributed by atoms with Gasteiger partial charge in [0.15, 0.2) is 0 Å². The summed E-state index contributed by atoms with van der Waals surface area (Å²) in [6.45, 7) is 3.65. The zero-order chi connectivity index (χ0) is 13.7. The average molecular weight is 278 g/mol. The Morgan fingerprint density at radius 2 is 2.53 bits per heavy atom. The summed E-state index contributed by atoms with van der Waals surface area (Å²) in [5, 5.41) is 4.93. The van der Waals surface area contributed by atoms with Gasteiger partial charge in [0, 0.05) is 12.2 Å². The van der Waals surface area contributed by atoms with Crippen LogP contribution in [0.25, 0.3) is 0 Å². The minimum atomic E-state index is -0.280. The minimum absolute atomic E-state index is 0.0793. The lowest BCUT2D eigenvalue weighted by atomic mass is 9.95. The maximum atomic E-state index is 12.3. The van der Waals surface area contributed by atoms with Gasteiger partial charge in [0.2, 0.25) is 0 Å². The second kappa shape index (κ2) is 6.20. The fourth-order valence-electron chi connectivity index (χ4n) is 2.09. The maximum absolute atomic E-state index is 12.3. The van der Waals surface area contributed by atoms with Crippen LogP contribution in [-0.2, 0) is 4.74 Å². The molecule has 1 aliphatic heterocycles. The number of carbonyl (C=O) groups excluding carboxylic acids is 1. The Labute approximate surface area is 117 Å². The van der Waals surface area contributed by atoms with E-state index < -0.39 is 0 Å². The second-order valence-electron chi connectivity index (χ2n) is 4.84. The van der Waals surface area contributed by atoms with Crippen molar-refractivity contribution in [1.82, 2.24) is 5.32 Å². The van der Waals surface area contributed by atoms with Crippen molar-refractivity contribution in [1.29, 1.82) is 0 Å². The Bertz CT molecular complexity index is 507. The molecule has 2 rings (SSSR count). The predicted octanol–water partition coefficient (Wildman–Crippen LogP) is 1.36. The van der Waals surface area contributed by atoms with Gasteiger partial charge >= 0.3 is 0 Å². The van der Waals surface area contributed by atoms with Gasteiger partial charge in [0.05, 0.1) is 18.7 Å². The van der Waals surface area contributed by atoms with Gasteiger partial charge in [-0.1, -0.05) is 11.8 Å². The number of rotatable bonds is 2. The summed E-state index contributed by atoms with van der Waals surface area (Å²) < 4.78 is 5.44. The molecule has 1 amide bonds. The van der Waals surface area contributed by atoms with E-state index in [1.807, 2.05) is 18.4 Å². The molecular formula is C14H18N2O2S. The second-order valence-corrected chi connectivity index (χ2v) is 5.76. The largest absolute Gasteiger partial charge is 0.379 e. The van der Waals surface area contributed by atoms with Crippen molar-refractivity contribution in [2.45, 2.75) is 25.3 Å². The number of carbonyl (C=O) groups is 1. The summed E-state index contributed by atoms with van der Waals surface area (Å²) in [4.78, 5) is 13.0. The molecular weight excluding hydrogens is 260 g/mol. The molecule has 1 aromatic heterocycles. The lowest BCUT2D eigenvalue weighted by molar-refractivity contribution is 0.0274. The molecule has 0 aromatic carbocycles. The van der Waals surface area contributed by atoms with Crippen LogP contribution in [0.4, 0.5) is 0 Å². The van der Waals surface area contributed by atoms with Crippen molar-refractivity contribution < 1.29 is 9.53 Å². The van der Waals surface area contributed by atoms with E-state index in [1.165, 1.54) is 11.3 Å². The molecule has 19 heavy (non-hydrogen) atoms. The van der Waals surface area contributed by atoms with Crippen molar-refractivity contribution in [2.75, 3.05) is 19.8 Å². The van der Waals surface area contributed by atoms with Crippen LogP contribution in [0, 0.1) is 11.8 Å². The van der Waals surface area contributed by atoms with Gasteiger partial charge < -0.3 is 15.8 Å². The third kappa shape index (κ3) is 3.57. The van der Waals surface area contributed by atoms with Crippen LogP contribution < -0.4 is 11.1 Å². The zero-order valence-electron chi connectivity index (χ0n) is 11.0. The average Bonchev–Trinajstić information content (AvgIpc) is 2.85. The minimum Gasteiger partial charge on any atom is -0.379 e. The monoisotopic (exact) mass is 278 g/mol. The van der Waals surface area contributed by atoms with E-state index in [2.05, 4.69) is 17.2 Å². The van der Waals surface area contributed by atoms with Crippen LogP contribution in [0.3, 0.4) is 0 Å². The first kappa shape index (κ1) is 14.1. The number of nitrogens with two attached hydrogens (primary N) is 1. The van der Waals surface area contributed by atoms with Crippen LogP contribution in [0.1, 0.15) is 35.0 Å². The van der Waals surface area contributed by atoms with Gasteiger partial charge in [-0.2, -0.15) is 0 Å². The summed E-state index contributed by atoms with van der Waals surface area (Å²) in [6, 6.07) is 1.85. The molecule has 1 fully saturated rings. The molecule has 1 atom stereocenters. The molecule has 1 aromatic rings. The molecule has 1 saturated heterocycles. The molecule has 4 nitrogen and oxygen atoms in total. The van der Waals surface area contributed by atoms with Crippen LogP contribution in [0.2, 0.25) is 0 Å². The van der Waals surface area contributed by atoms with Crippen molar-refractivity contribution >= 4 is 17.2 Å². The van der Waals surface area contributed by atoms with Gasteiger partial charge in [-0.25, -0.2) is 0 Å². The number of ether oxygens (including phenoxy) is 1. The maximum Gasteiger partial charge on any atom is 0.263 e. The normalized spacial score (nSPS) is 22.4. The van der Waals surface area contributed by atoms with E-state index in [1.54, 1.807) is 0 Å². The van der Waals surface area contributed by atoms with Crippen LogP contribution >= 0.6 is 11.3 Å². The number of amides is 1. The number of nitrogens with one attached hydrogen (secondary N) is 1. The molecule has 0 saturated carbocycles. The molecule has 102 valence electrons. The Morgan fingerprint density at radius 1 is 1.68 bits per heavy atom. The first-order valence-electron chi connectivity index (χ1n) is 6.31. The molecule has 2 heterocycles. The van der Waals surface area contributed by atoms with E-state index >= 15 is 0 Å². The van der Waals surface area contributed by atoms with Crippen molar-refractivity contribution in [3.05, 3.63) is 21.9 Å². The van der Waals surface area contributed by atoms with Gasteiger partial charge in [-0.3, -0.25) is 4.79 Å². The number of thiophene rings is 1. The van der Waals surface area contributed by atoms with Crippen LogP contribution in [0.5, 0.6) is 0 Å². The molecule has 3 N–H and O–H groups in total. The molecule has 0 aliphatic carbocycles. The van der Waals surface area contributed by atoms with Crippen molar-refractivity contribution in [3.8, 4) is 11.8 Å². The third-order valence-electron chi connectivity index (χ3n) is 3.05. The standard InChI is InChI=1S/C14H18N2O2S/c1-14(6-3-8-18-10-14)16-13(17)12-11(4-2-7-15)5-9-19-12/h5,9H,3,6-8,10,15H2,1H3,(H,16,17). The SMILES string of the molecule is CC1(NC(=O)c2sccc2C#CCN)CCCOC1. The molecule has 5 heteroatoms. The van der Waals surface area contributed by atoms with Gasteiger partial charge in [0.1, 0.15) is 4.88 Å². The Kier molecular flexibility index (Phi) is 4.59. The van der Waals surface area contributed by atoms with Crippen LogP contribution in [0.15, 0.2) is 11.4 Å². The van der Waals surface area contributed by atoms with Gasteiger partial charge in [-0.05, 0) is 31.2 Å². The highest BCUT2D eigenvalue weighted by atomic mass is 32.1. The lowest BCUT2D eigenvalue weighted by Crippen LogP contribution is -2.51. The first-order valence-corrected chi connectivity index (χ1v) is 7.19. The van der Waals surface area contributed by atoms with Crippen LogP contribution in [-0.4, -0.2) is 31.2 Å². The quantitative estimate of drug-likeness (QED) is 0.803. The van der Waals surface area contributed by atoms with E-state index in [-0.39, 0.29) is 11.4 Å². The van der Waals surface area contributed by atoms with Gasteiger partial charge in [0.25, 0.3) is 5.91 Å². The highest BCUT2D eigenvalue weighted by molar-refractivity contribution is 7.12. The number of hydrogen-bond donors (Lipinski definition) is 2. The Morgan fingerprint density at radius 3 is 3.21 bits per heavy atom. The summed E-state index contributed by atoms with van der Waals surface area (Å²) in [5.41, 5.74) is 5.82. The summed E-state index contributed by atoms with van der Waals surface area (Å²) in [6.07, 6.45) is 1.91. The van der Waals surface area contributed by atoms with Gasteiger partial charge in [-0.15, -0.1) is 11.3 Å². The molecule has 1 aliphatic rings. The molecule has 0 spiro atoms. The van der Waals surface area contributed by atoms with Crippen molar-refractivity contribution in [3.63, 3.8) is 0 Å². The summed E-state index contributed by atoms with van der Waals surface area (Å²) in [5.74, 6) is 5.63. The fourth-order valence-corrected chi connectivity index (χ4v) is 2.84. The van der Waals surface area contributed by atoms with E-state index in [0.29, 0.717) is 18.0 Å². The lowest BCUT2D eigenvalue weighted by Gasteiger charge is -2.34. The van der Waals surface area contributed by atoms with E-state index in [0.717, 1.165) is 25.0 Å². The van der Waals surface area contributed by atoms with E-state index in [4.69, 9.17) is 10.5 Å². The third-order valence-corrected chi connectivity index (χ3v) is 3.96. The molecule has 1 unspecified atom stereocenters. The highest BCUT2D eigenvalue weighted by Crippen LogP contribution is 2.21. The summed E-state index contributed by atoms with van der Waals surface area (Å²) in [7, 11) is 0. The fraction of sp³-hybridized carbons (Fsp3) is 0.500. The first-order chi connectivity index (χ1) is 9.14. The van der Waals surface area contributed by atoms with Crippen molar-refractivity contribution in [2.24, 2.45) is 5.73 Å². The smallest absolute Gasteiger partial charge is 0.263 e. The number of hydrogen-bond acceptors (Lipinski definition) is 4. The highest BCUT2D eigenvalue weighted by Gasteiger charge is 2.30. The Balaban J connectivity index is 2.09. The molecule has 0 bridgehead atoms. The Hall–Kier alpha value is -1.35. The predicted molar refractivity (Wildman–Crippen MR) is 76.2 cm³/mol.